The van der Waals surface area contributed by atoms with Gasteiger partial charge in [-0.1, -0.05) is 36.4 Å². The number of hydrogen-bond donors (Lipinski definition) is 4. The van der Waals surface area contributed by atoms with Crippen molar-refractivity contribution in [2.75, 3.05) is 13.1 Å². The van der Waals surface area contributed by atoms with Gasteiger partial charge in [-0.3, -0.25) is 0 Å². The number of fused-ring (bicyclic) bond motifs is 2. The van der Waals surface area contributed by atoms with Crippen molar-refractivity contribution in [3.05, 3.63) is 69.8 Å². The quantitative estimate of drug-likeness (QED) is 0.430. The fourth-order valence-electron chi connectivity index (χ4n) is 4.53. The molecule has 2 aliphatic heterocycles. The number of hydrogen-bond acceptors (Lipinski definition) is 6. The Morgan fingerprint density at radius 2 is 1.32 bits per heavy atom. The molecule has 4 rings (SSSR count). The van der Waals surface area contributed by atoms with E-state index in [1.54, 1.807) is 4.90 Å². The van der Waals surface area contributed by atoms with Crippen molar-refractivity contribution in [2.45, 2.75) is 91.8 Å². The minimum absolute atomic E-state index is 0.372. The molecule has 0 fully saturated rings. The molecule has 0 saturated carbocycles. The van der Waals surface area contributed by atoms with Gasteiger partial charge in [-0.15, -0.1) is 0 Å². The third-order valence-corrected chi connectivity index (χ3v) is 6.42. The second-order valence-corrected chi connectivity index (χ2v) is 12.4. The molecule has 2 aliphatic rings. The average molecular weight is 568 g/mol. The number of nitrogens with two attached hydrogens (primary N) is 1. The van der Waals surface area contributed by atoms with Gasteiger partial charge in [0.2, 0.25) is 0 Å². The summed E-state index contributed by atoms with van der Waals surface area (Å²) in [6.45, 7) is 15.1. The third kappa shape index (κ3) is 11.0. The van der Waals surface area contributed by atoms with Crippen molar-refractivity contribution >= 4 is 18.2 Å². The smallest absolute Gasteiger partial charge is 0.407 e. The summed E-state index contributed by atoms with van der Waals surface area (Å²) in [4.78, 5) is 36.1. The van der Waals surface area contributed by atoms with E-state index in [0.717, 1.165) is 42.6 Å². The van der Waals surface area contributed by atoms with E-state index in [1.165, 1.54) is 16.7 Å². The van der Waals surface area contributed by atoms with Gasteiger partial charge in [0.15, 0.2) is 0 Å². The molecule has 4 amide bonds. The van der Waals surface area contributed by atoms with Crippen LogP contribution in [0.4, 0.5) is 14.4 Å². The Kier molecular flexibility index (Phi) is 10.6. The number of benzene rings is 2. The topological polar surface area (TPSA) is 135 Å². The summed E-state index contributed by atoms with van der Waals surface area (Å²) < 4.78 is 10.4. The van der Waals surface area contributed by atoms with Gasteiger partial charge in [-0.25, -0.2) is 14.4 Å². The van der Waals surface area contributed by atoms with Crippen LogP contribution < -0.4 is 21.7 Å². The SMILES string of the molecule is CC(C)(C)OC(=O)NCc1ccc2c(c1)CN(C(N)=O)CC2.CC(C)(C)OC(=O)NCc1ccc2c(c1)CNCC2. The van der Waals surface area contributed by atoms with Crippen LogP contribution in [0.25, 0.3) is 0 Å². The standard InChI is InChI=1S/C16H23N3O3.C15H22N2O2/c1-16(2,3)22-15(21)18-9-11-4-5-12-6-7-19(14(17)20)10-13(12)8-11;1-15(2,3)19-14(18)17-9-11-4-5-12-6-7-16-10-13(12)8-11/h4-5,8H,6-7,9-10H2,1-3H3,(H2,17,20)(H,18,21);4-5,8,16H,6-7,9-10H2,1-3H3,(H,17,18). The number of amides is 4. The average Bonchev–Trinajstić information content (AvgIpc) is 2.88. The first kappa shape index (κ1) is 31.7. The molecule has 0 aliphatic carbocycles. The third-order valence-electron chi connectivity index (χ3n) is 6.42. The van der Waals surface area contributed by atoms with Gasteiger partial charge in [0.25, 0.3) is 0 Å². The van der Waals surface area contributed by atoms with Gasteiger partial charge < -0.3 is 36.1 Å². The van der Waals surface area contributed by atoms with Crippen molar-refractivity contribution in [3.63, 3.8) is 0 Å². The van der Waals surface area contributed by atoms with E-state index in [0.29, 0.717) is 26.2 Å². The summed E-state index contributed by atoms with van der Waals surface area (Å²) in [6.07, 6.45) is 1.07. The number of rotatable bonds is 4. The van der Waals surface area contributed by atoms with Gasteiger partial charge in [0.05, 0.1) is 0 Å². The van der Waals surface area contributed by atoms with Gasteiger partial charge in [0, 0.05) is 32.7 Å². The van der Waals surface area contributed by atoms with Crippen LogP contribution >= 0.6 is 0 Å². The first-order valence-corrected chi connectivity index (χ1v) is 14.1. The lowest BCUT2D eigenvalue weighted by Gasteiger charge is -2.27. The molecule has 10 nitrogen and oxygen atoms in total. The Hall–Kier alpha value is -3.79. The van der Waals surface area contributed by atoms with Gasteiger partial charge in [-0.2, -0.15) is 0 Å². The number of nitrogens with zero attached hydrogens (tertiary/aromatic N) is 1. The molecule has 224 valence electrons. The number of carbonyl (C=O) groups is 3. The highest BCUT2D eigenvalue weighted by Gasteiger charge is 2.20. The summed E-state index contributed by atoms with van der Waals surface area (Å²) in [7, 11) is 0. The lowest BCUT2D eigenvalue weighted by Crippen LogP contribution is -2.39. The van der Waals surface area contributed by atoms with Crippen LogP contribution in [-0.2, 0) is 48.5 Å². The molecule has 2 aromatic rings. The van der Waals surface area contributed by atoms with Crippen LogP contribution in [0.3, 0.4) is 0 Å². The fourth-order valence-corrected chi connectivity index (χ4v) is 4.53. The van der Waals surface area contributed by atoms with Crippen molar-refractivity contribution in [1.82, 2.24) is 20.9 Å². The zero-order chi connectivity index (χ0) is 30.2. The zero-order valence-corrected chi connectivity index (χ0v) is 25.2. The van der Waals surface area contributed by atoms with Crippen LogP contribution in [0.15, 0.2) is 36.4 Å². The number of carbonyl (C=O) groups excluding carboxylic acids is 3. The fraction of sp³-hybridized carbons (Fsp3) is 0.516. The number of alkyl carbamates (subject to hydrolysis) is 2. The number of urea groups is 1. The molecule has 10 heteroatoms. The van der Waals surface area contributed by atoms with Crippen LogP contribution in [0.2, 0.25) is 0 Å². The second kappa shape index (κ2) is 13.7. The van der Waals surface area contributed by atoms with E-state index in [1.807, 2.05) is 59.7 Å². The molecule has 0 saturated heterocycles. The molecular formula is C31H45N5O5. The summed E-state index contributed by atoms with van der Waals surface area (Å²) in [5.74, 6) is 0. The lowest BCUT2D eigenvalue weighted by atomic mass is 9.97. The highest BCUT2D eigenvalue weighted by atomic mass is 16.6. The van der Waals surface area contributed by atoms with E-state index in [4.69, 9.17) is 15.2 Å². The predicted molar refractivity (Wildman–Crippen MR) is 158 cm³/mol. The summed E-state index contributed by atoms with van der Waals surface area (Å²) >= 11 is 0. The predicted octanol–water partition coefficient (Wildman–Crippen LogP) is 4.51. The molecule has 0 aromatic heterocycles. The van der Waals surface area contributed by atoms with Crippen molar-refractivity contribution < 1.29 is 23.9 Å². The minimum Gasteiger partial charge on any atom is -0.444 e. The molecule has 0 unspecified atom stereocenters. The van der Waals surface area contributed by atoms with Crippen molar-refractivity contribution in [1.29, 1.82) is 0 Å². The first-order valence-electron chi connectivity index (χ1n) is 14.1. The molecule has 5 N–H and O–H groups in total. The van der Waals surface area contributed by atoms with E-state index in [-0.39, 0.29) is 6.09 Å². The minimum atomic E-state index is -0.512. The first-order chi connectivity index (χ1) is 19.2. The summed E-state index contributed by atoms with van der Waals surface area (Å²) in [5, 5.41) is 8.86. The van der Waals surface area contributed by atoms with Crippen LogP contribution in [0.1, 0.15) is 74.9 Å². The van der Waals surface area contributed by atoms with E-state index >= 15 is 0 Å². The zero-order valence-electron chi connectivity index (χ0n) is 25.2. The lowest BCUT2D eigenvalue weighted by molar-refractivity contribution is 0.0512. The molecule has 2 aromatic carbocycles. The summed E-state index contributed by atoms with van der Waals surface area (Å²) in [5.41, 5.74) is 11.5. The molecule has 0 atom stereocenters. The molecule has 0 radical (unpaired) electrons. The highest BCUT2D eigenvalue weighted by Crippen LogP contribution is 2.20. The number of nitrogens with one attached hydrogen (secondary N) is 3. The van der Waals surface area contributed by atoms with Gasteiger partial charge in [0.1, 0.15) is 11.2 Å². The molecule has 2 heterocycles. The Labute approximate surface area is 243 Å². The van der Waals surface area contributed by atoms with E-state index in [9.17, 15) is 14.4 Å². The van der Waals surface area contributed by atoms with Crippen LogP contribution in [0, 0.1) is 0 Å². The maximum absolute atomic E-state index is 11.7. The largest absolute Gasteiger partial charge is 0.444 e. The van der Waals surface area contributed by atoms with Crippen molar-refractivity contribution in [3.8, 4) is 0 Å². The van der Waals surface area contributed by atoms with Crippen LogP contribution in [0.5, 0.6) is 0 Å². The number of ether oxygens (including phenoxy) is 2. The second-order valence-electron chi connectivity index (χ2n) is 12.4. The molecule has 0 spiro atoms. The van der Waals surface area contributed by atoms with E-state index < -0.39 is 23.3 Å². The maximum atomic E-state index is 11.7. The van der Waals surface area contributed by atoms with Crippen molar-refractivity contribution in [2.24, 2.45) is 5.73 Å². The number of primary amides is 1. The molecular weight excluding hydrogens is 522 g/mol. The van der Waals surface area contributed by atoms with Crippen LogP contribution in [-0.4, -0.2) is 47.4 Å². The highest BCUT2D eigenvalue weighted by molar-refractivity contribution is 5.72. The maximum Gasteiger partial charge on any atom is 0.407 e. The molecule has 41 heavy (non-hydrogen) atoms. The normalized spacial score (nSPS) is 14.4. The van der Waals surface area contributed by atoms with Gasteiger partial charge >= 0.3 is 18.2 Å². The Morgan fingerprint density at radius 3 is 1.83 bits per heavy atom. The monoisotopic (exact) mass is 567 g/mol. The van der Waals surface area contributed by atoms with Gasteiger partial charge in [-0.05, 0) is 94.3 Å². The van der Waals surface area contributed by atoms with E-state index in [2.05, 4.69) is 34.1 Å². The Morgan fingerprint density at radius 1 is 0.805 bits per heavy atom. The molecule has 0 bridgehead atoms. The Bertz CT molecular complexity index is 1230. The Balaban J connectivity index is 0.000000228. The summed E-state index contributed by atoms with van der Waals surface area (Å²) in [6, 6.07) is 12.0.